The van der Waals surface area contributed by atoms with Crippen molar-refractivity contribution < 1.29 is 22.7 Å². The largest absolute Gasteiger partial charge is 0.416 e. The number of piperazine rings is 1. The highest BCUT2D eigenvalue weighted by atomic mass is 19.4. The van der Waals surface area contributed by atoms with Gasteiger partial charge in [0, 0.05) is 82.7 Å². The smallest absolute Gasteiger partial charge is 0.381 e. The molecular formula is C36H39F3N8O2. The van der Waals surface area contributed by atoms with Gasteiger partial charge in [0.1, 0.15) is 11.5 Å². The van der Waals surface area contributed by atoms with Crippen LogP contribution >= 0.6 is 0 Å². The highest BCUT2D eigenvalue weighted by molar-refractivity contribution is 6.04. The molecule has 3 aromatic heterocycles. The summed E-state index contributed by atoms with van der Waals surface area (Å²) >= 11 is 0. The first-order valence-electron chi connectivity index (χ1n) is 16.7. The first-order chi connectivity index (χ1) is 23.6. The van der Waals surface area contributed by atoms with E-state index in [2.05, 4.69) is 36.9 Å². The van der Waals surface area contributed by atoms with Crippen LogP contribution in [0.3, 0.4) is 0 Å². The highest BCUT2D eigenvalue weighted by Crippen LogP contribution is 2.41. The van der Waals surface area contributed by atoms with E-state index in [1.165, 1.54) is 24.5 Å². The summed E-state index contributed by atoms with van der Waals surface area (Å²) in [5.41, 5.74) is 1.76. The molecule has 13 heteroatoms. The van der Waals surface area contributed by atoms with Gasteiger partial charge < -0.3 is 19.9 Å². The number of hydrogen-bond acceptors (Lipinski definition) is 8. The van der Waals surface area contributed by atoms with Gasteiger partial charge in [-0.25, -0.2) is 9.50 Å². The van der Waals surface area contributed by atoms with Gasteiger partial charge in [-0.05, 0) is 80.0 Å². The molecule has 3 aliphatic heterocycles. The molecule has 1 spiro atoms. The number of nitrogens with one attached hydrogen (secondary N) is 1. The van der Waals surface area contributed by atoms with Crippen molar-refractivity contribution in [3.05, 3.63) is 82.9 Å². The number of ether oxygens (including phenoxy) is 1. The fourth-order valence-electron chi connectivity index (χ4n) is 6.91. The normalized spacial score (nSPS) is 18.7. The third kappa shape index (κ3) is 7.56. The molecule has 256 valence electrons. The van der Waals surface area contributed by atoms with Crippen molar-refractivity contribution in [2.45, 2.75) is 38.4 Å². The number of piperidine rings is 1. The van der Waals surface area contributed by atoms with E-state index < -0.39 is 17.6 Å². The highest BCUT2D eigenvalue weighted by Gasteiger charge is 2.37. The number of carbonyl (C=O) groups excluding carboxylic acids is 1. The summed E-state index contributed by atoms with van der Waals surface area (Å²) < 4.78 is 49.5. The van der Waals surface area contributed by atoms with Gasteiger partial charge >= 0.3 is 6.18 Å². The summed E-state index contributed by atoms with van der Waals surface area (Å²) in [6, 6.07) is 9.44. The van der Waals surface area contributed by atoms with Crippen molar-refractivity contribution in [3.63, 3.8) is 0 Å². The van der Waals surface area contributed by atoms with E-state index in [0.717, 1.165) is 77.0 Å². The van der Waals surface area contributed by atoms with Crippen molar-refractivity contribution in [1.82, 2.24) is 29.4 Å². The lowest BCUT2D eigenvalue weighted by Gasteiger charge is -2.44. The molecule has 7 rings (SSSR count). The zero-order valence-corrected chi connectivity index (χ0v) is 27.5. The zero-order chi connectivity index (χ0) is 34.0. The summed E-state index contributed by atoms with van der Waals surface area (Å²) in [6.45, 7) is 6.77. The number of benzene rings is 1. The Bertz CT molecular complexity index is 1870. The maximum Gasteiger partial charge on any atom is 0.416 e. The Balaban J connectivity index is 1.04. The van der Waals surface area contributed by atoms with Gasteiger partial charge in [-0.2, -0.15) is 13.2 Å². The van der Waals surface area contributed by atoms with Crippen LogP contribution in [0.25, 0.3) is 5.65 Å². The maximum atomic E-state index is 14.1. The monoisotopic (exact) mass is 672 g/mol. The van der Waals surface area contributed by atoms with Gasteiger partial charge in [0.2, 0.25) is 0 Å². The first-order valence-corrected chi connectivity index (χ1v) is 16.7. The number of nitrogens with zero attached hydrogens (tertiary/aromatic N) is 7. The molecule has 6 heterocycles. The molecule has 0 unspecified atom stereocenters. The fraction of sp³-hybridized carbons (Fsp3) is 0.444. The molecule has 3 saturated heterocycles. The zero-order valence-electron chi connectivity index (χ0n) is 27.5. The summed E-state index contributed by atoms with van der Waals surface area (Å²) in [5, 5.41) is 7.45. The Morgan fingerprint density at radius 1 is 0.939 bits per heavy atom. The summed E-state index contributed by atoms with van der Waals surface area (Å²) in [4.78, 5) is 28.2. The van der Waals surface area contributed by atoms with E-state index in [4.69, 9.17) is 9.84 Å². The lowest BCUT2D eigenvalue weighted by Crippen LogP contribution is -2.44. The second kappa shape index (κ2) is 13.8. The van der Waals surface area contributed by atoms with Crippen LogP contribution in [0, 0.1) is 17.3 Å². The van der Waals surface area contributed by atoms with Gasteiger partial charge in [0.05, 0.1) is 17.3 Å². The molecule has 0 radical (unpaired) electrons. The number of pyridine rings is 1. The number of halogens is 3. The van der Waals surface area contributed by atoms with Crippen LogP contribution < -0.4 is 10.2 Å². The standard InChI is InChI=1S/C36H39F3N8O2/c1-44-14-16-45(17-15-44)25-27-3-4-29(21-31(27)36(37,38)39)42-34(48)28-20-26(22-40-23-28)2-5-30-24-41-32-6-7-33(43-47(30)32)46-12-8-35(9-13-46)10-18-49-19-11-35/h3-4,6-7,20-24H,8-19,25H2,1H3,(H,42,48). The Labute approximate surface area is 283 Å². The van der Waals surface area contributed by atoms with Crippen molar-refractivity contribution in [3.8, 4) is 11.8 Å². The van der Waals surface area contributed by atoms with Gasteiger partial charge in [-0.1, -0.05) is 12.0 Å². The number of imidazole rings is 1. The first kappa shape index (κ1) is 33.0. The number of hydrogen-bond donors (Lipinski definition) is 1. The van der Waals surface area contributed by atoms with Crippen molar-refractivity contribution in [2.24, 2.45) is 5.41 Å². The van der Waals surface area contributed by atoms with Gasteiger partial charge in [0.25, 0.3) is 5.91 Å². The molecule has 49 heavy (non-hydrogen) atoms. The second-order valence-electron chi connectivity index (χ2n) is 13.3. The van der Waals surface area contributed by atoms with Crippen molar-refractivity contribution in [1.29, 1.82) is 0 Å². The summed E-state index contributed by atoms with van der Waals surface area (Å²) in [6.07, 6.45) is 4.46. The number of likely N-dealkylation sites (N-methyl/N-ethyl adjacent to an activating group) is 1. The molecule has 0 atom stereocenters. The number of aromatic nitrogens is 4. The topological polar surface area (TPSA) is 91.1 Å². The molecule has 0 aliphatic carbocycles. The lowest BCUT2D eigenvalue weighted by molar-refractivity contribution is -0.138. The number of carbonyl (C=O) groups is 1. The molecule has 3 aliphatic rings. The van der Waals surface area contributed by atoms with Crippen LogP contribution in [0.2, 0.25) is 0 Å². The van der Waals surface area contributed by atoms with Gasteiger partial charge in [-0.3, -0.25) is 14.7 Å². The van der Waals surface area contributed by atoms with E-state index in [1.807, 2.05) is 24.1 Å². The second-order valence-corrected chi connectivity index (χ2v) is 13.3. The molecule has 0 saturated carbocycles. The number of alkyl halides is 3. The van der Waals surface area contributed by atoms with Crippen LogP contribution in [0.4, 0.5) is 24.7 Å². The van der Waals surface area contributed by atoms with E-state index in [9.17, 15) is 18.0 Å². The Kier molecular flexibility index (Phi) is 9.28. The van der Waals surface area contributed by atoms with Crippen molar-refractivity contribution in [2.75, 3.05) is 69.7 Å². The number of rotatable bonds is 5. The molecule has 10 nitrogen and oxygen atoms in total. The average Bonchev–Trinajstić information content (AvgIpc) is 3.51. The molecular weight excluding hydrogens is 633 g/mol. The third-order valence-corrected chi connectivity index (χ3v) is 10.0. The van der Waals surface area contributed by atoms with Crippen LogP contribution in [-0.2, 0) is 17.5 Å². The average molecular weight is 673 g/mol. The molecule has 1 N–H and O–H groups in total. The predicted octanol–water partition coefficient (Wildman–Crippen LogP) is 4.94. The number of anilines is 2. The third-order valence-electron chi connectivity index (χ3n) is 10.0. The van der Waals surface area contributed by atoms with Gasteiger partial charge in [-0.15, -0.1) is 5.10 Å². The quantitative estimate of drug-likeness (QED) is 0.299. The number of fused-ring (bicyclic) bond motifs is 1. The summed E-state index contributed by atoms with van der Waals surface area (Å²) in [5.74, 6) is 6.42. The maximum absolute atomic E-state index is 14.1. The van der Waals surface area contributed by atoms with E-state index >= 15 is 0 Å². The Hall–Kier alpha value is -4.51. The van der Waals surface area contributed by atoms with Crippen LogP contribution in [0.1, 0.15) is 58.4 Å². The lowest BCUT2D eigenvalue weighted by atomic mass is 9.72. The molecule has 4 aromatic rings. The van der Waals surface area contributed by atoms with Crippen LogP contribution in [-0.4, -0.2) is 94.8 Å². The molecule has 1 aromatic carbocycles. The Morgan fingerprint density at radius 3 is 2.47 bits per heavy atom. The Morgan fingerprint density at radius 2 is 1.71 bits per heavy atom. The van der Waals surface area contributed by atoms with Crippen LogP contribution in [0.5, 0.6) is 0 Å². The SMILES string of the molecule is CN1CCN(Cc2ccc(NC(=O)c3cncc(C#Cc4cnc5ccc(N6CCC7(CCOCC7)CC6)nn45)c3)cc2C(F)(F)F)CC1. The minimum Gasteiger partial charge on any atom is -0.381 e. The van der Waals surface area contributed by atoms with E-state index in [0.29, 0.717) is 35.4 Å². The predicted molar refractivity (Wildman–Crippen MR) is 179 cm³/mol. The molecule has 3 fully saturated rings. The molecule has 1 amide bonds. The summed E-state index contributed by atoms with van der Waals surface area (Å²) in [7, 11) is 2.00. The van der Waals surface area contributed by atoms with Crippen molar-refractivity contribution >= 4 is 23.1 Å². The number of amides is 1. The van der Waals surface area contributed by atoms with E-state index in [-0.39, 0.29) is 23.4 Å². The minimum absolute atomic E-state index is 0.0557. The minimum atomic E-state index is -4.56. The fourth-order valence-corrected chi connectivity index (χ4v) is 6.91. The van der Waals surface area contributed by atoms with Crippen LogP contribution in [0.15, 0.2) is 55.0 Å². The molecule has 0 bridgehead atoms. The van der Waals surface area contributed by atoms with Gasteiger partial charge in [0.15, 0.2) is 5.65 Å². The van der Waals surface area contributed by atoms with E-state index in [1.54, 1.807) is 16.8 Å².